The number of anilines is 1. The summed E-state index contributed by atoms with van der Waals surface area (Å²) < 4.78 is 55.2. The number of hydrogen-bond donors (Lipinski definition) is 2. The molecule has 3 rings (SSSR count). The molecule has 0 spiro atoms. The van der Waals surface area contributed by atoms with Gasteiger partial charge in [-0.15, -0.1) is 11.3 Å². The molecule has 178 valence electrons. The largest absolute Gasteiger partial charge is 0.386 e. The Morgan fingerprint density at radius 1 is 1.12 bits per heavy atom. The van der Waals surface area contributed by atoms with Gasteiger partial charge in [0.25, 0.3) is 10.0 Å². The summed E-state index contributed by atoms with van der Waals surface area (Å²) in [5.74, 6) is 0. The van der Waals surface area contributed by atoms with E-state index in [0.717, 1.165) is 11.3 Å². The third-order valence-corrected chi connectivity index (χ3v) is 10.6. The van der Waals surface area contributed by atoms with Crippen LogP contribution >= 0.6 is 11.3 Å². The topological polar surface area (TPSA) is 107 Å². The van der Waals surface area contributed by atoms with Crippen molar-refractivity contribution in [1.29, 1.82) is 0 Å². The Labute approximate surface area is 195 Å². The molecule has 1 aromatic carbocycles. The van der Waals surface area contributed by atoms with Crippen molar-refractivity contribution in [3.05, 3.63) is 47.3 Å². The van der Waals surface area contributed by atoms with Crippen molar-refractivity contribution in [2.45, 2.75) is 48.8 Å². The molecule has 2 aromatic rings. The maximum atomic E-state index is 13.1. The number of hydrogen-bond acceptors (Lipinski definition) is 7. The predicted molar refractivity (Wildman–Crippen MR) is 128 cm³/mol. The standard InChI is InChI=1S/C21H31N3O5S3/c1-16(2)31(26,27)22-14-19-15-23(32(28,29)20-6-5-13-30-20)11-12-24(19)18-9-7-17(8-10-18)21(3,4)25/h5-10,13,16,19,22,25H,11-12,14-15H2,1-4H3/t19-/m0/s1. The summed E-state index contributed by atoms with van der Waals surface area (Å²) >= 11 is 1.17. The highest BCUT2D eigenvalue weighted by molar-refractivity contribution is 7.91. The lowest BCUT2D eigenvalue weighted by atomic mass is 9.98. The third-order valence-electron chi connectivity index (χ3n) is 5.58. The van der Waals surface area contributed by atoms with Gasteiger partial charge < -0.3 is 10.0 Å². The van der Waals surface area contributed by atoms with Crippen molar-refractivity contribution in [2.75, 3.05) is 31.1 Å². The van der Waals surface area contributed by atoms with Gasteiger partial charge in [0.05, 0.1) is 16.9 Å². The van der Waals surface area contributed by atoms with E-state index in [1.165, 1.54) is 15.6 Å². The van der Waals surface area contributed by atoms with Crippen LogP contribution in [0.2, 0.25) is 0 Å². The van der Waals surface area contributed by atoms with Gasteiger partial charge in [0, 0.05) is 31.9 Å². The first-order chi connectivity index (χ1) is 14.8. The van der Waals surface area contributed by atoms with Crippen LogP contribution in [0.25, 0.3) is 0 Å². The number of thiophene rings is 1. The minimum Gasteiger partial charge on any atom is -0.386 e. The Balaban J connectivity index is 1.87. The molecule has 1 aliphatic heterocycles. The Kier molecular flexibility index (Phi) is 7.38. The lowest BCUT2D eigenvalue weighted by Gasteiger charge is -2.42. The van der Waals surface area contributed by atoms with Crippen molar-refractivity contribution in [2.24, 2.45) is 0 Å². The van der Waals surface area contributed by atoms with Crippen LogP contribution < -0.4 is 9.62 Å². The van der Waals surface area contributed by atoms with Crippen molar-refractivity contribution in [3.8, 4) is 0 Å². The molecule has 0 amide bonds. The molecule has 8 nitrogen and oxygen atoms in total. The van der Waals surface area contributed by atoms with E-state index in [0.29, 0.717) is 13.1 Å². The van der Waals surface area contributed by atoms with E-state index in [-0.39, 0.29) is 23.3 Å². The molecule has 2 heterocycles. The fourth-order valence-electron chi connectivity index (χ4n) is 3.54. The quantitative estimate of drug-likeness (QED) is 0.574. The zero-order valence-corrected chi connectivity index (χ0v) is 21.2. The van der Waals surface area contributed by atoms with Crippen LogP contribution in [-0.4, -0.2) is 63.7 Å². The molecule has 2 N–H and O–H groups in total. The Morgan fingerprint density at radius 3 is 2.31 bits per heavy atom. The fraction of sp³-hybridized carbons (Fsp3) is 0.524. The fourth-order valence-corrected chi connectivity index (χ4v) is 6.91. The van der Waals surface area contributed by atoms with E-state index in [4.69, 9.17) is 0 Å². The minimum atomic E-state index is -3.64. The molecule has 0 radical (unpaired) electrons. The summed E-state index contributed by atoms with van der Waals surface area (Å²) in [4.78, 5) is 2.03. The smallest absolute Gasteiger partial charge is 0.252 e. The SMILES string of the molecule is CC(C)S(=O)(=O)NC[C@H]1CN(S(=O)(=O)c2cccs2)CCN1c1ccc(C(C)(C)O)cc1. The van der Waals surface area contributed by atoms with E-state index in [2.05, 4.69) is 4.72 Å². The Morgan fingerprint density at radius 2 is 1.78 bits per heavy atom. The number of nitrogens with zero attached hydrogens (tertiary/aromatic N) is 2. The highest BCUT2D eigenvalue weighted by Gasteiger charge is 2.35. The van der Waals surface area contributed by atoms with Crippen molar-refractivity contribution >= 4 is 37.1 Å². The van der Waals surface area contributed by atoms with Gasteiger partial charge in [-0.25, -0.2) is 21.6 Å². The summed E-state index contributed by atoms with van der Waals surface area (Å²) in [6, 6.07) is 10.3. The number of rotatable bonds is 8. The van der Waals surface area contributed by atoms with Crippen LogP contribution in [0.3, 0.4) is 0 Å². The zero-order valence-electron chi connectivity index (χ0n) is 18.7. The molecule has 0 saturated carbocycles. The van der Waals surface area contributed by atoms with Gasteiger partial charge in [-0.1, -0.05) is 18.2 Å². The molecule has 1 fully saturated rings. The average Bonchev–Trinajstić information content (AvgIpc) is 3.27. The van der Waals surface area contributed by atoms with Crippen molar-refractivity contribution in [1.82, 2.24) is 9.03 Å². The predicted octanol–water partition coefficient (Wildman–Crippen LogP) is 2.18. The maximum absolute atomic E-state index is 13.1. The monoisotopic (exact) mass is 501 g/mol. The number of aliphatic hydroxyl groups is 1. The number of piperazine rings is 1. The van der Waals surface area contributed by atoms with Crippen molar-refractivity contribution in [3.63, 3.8) is 0 Å². The maximum Gasteiger partial charge on any atom is 0.252 e. The molecule has 1 aromatic heterocycles. The first-order valence-electron chi connectivity index (χ1n) is 10.4. The van der Waals surface area contributed by atoms with E-state index in [1.54, 1.807) is 45.2 Å². The molecule has 11 heteroatoms. The van der Waals surface area contributed by atoms with Crippen LogP contribution in [0.1, 0.15) is 33.3 Å². The van der Waals surface area contributed by atoms with Gasteiger partial charge in [-0.2, -0.15) is 4.31 Å². The molecule has 1 atom stereocenters. The summed E-state index contributed by atoms with van der Waals surface area (Å²) in [6.45, 7) is 7.58. The molecule has 1 aliphatic rings. The molecule has 0 unspecified atom stereocenters. The Bertz CT molecular complexity index is 1110. The molecule has 32 heavy (non-hydrogen) atoms. The summed E-state index contributed by atoms with van der Waals surface area (Å²) in [7, 11) is -7.14. The number of sulfonamides is 2. The summed E-state index contributed by atoms with van der Waals surface area (Å²) in [6.07, 6.45) is 0. The average molecular weight is 502 g/mol. The number of benzene rings is 1. The molecule has 0 bridgehead atoms. The second kappa shape index (κ2) is 9.40. The second-order valence-corrected chi connectivity index (χ2v) is 14.1. The molecule has 0 aliphatic carbocycles. The molecule has 1 saturated heterocycles. The zero-order chi connectivity index (χ0) is 23.7. The third kappa shape index (κ3) is 5.52. The van der Waals surface area contributed by atoms with Gasteiger partial charge in [0.15, 0.2) is 0 Å². The van der Waals surface area contributed by atoms with Crippen molar-refractivity contribution < 1.29 is 21.9 Å². The van der Waals surface area contributed by atoms with Crippen LogP contribution in [0.15, 0.2) is 46.0 Å². The van der Waals surface area contributed by atoms with Crippen LogP contribution in [-0.2, 0) is 25.6 Å². The first kappa shape index (κ1) is 25.1. The first-order valence-corrected chi connectivity index (χ1v) is 14.3. The lowest BCUT2D eigenvalue weighted by Crippen LogP contribution is -2.58. The summed E-state index contributed by atoms with van der Waals surface area (Å²) in [5, 5.41) is 11.4. The van der Waals surface area contributed by atoms with E-state index < -0.39 is 30.9 Å². The van der Waals surface area contributed by atoms with Gasteiger partial charge in [0.1, 0.15) is 4.21 Å². The van der Waals surface area contributed by atoms with Gasteiger partial charge in [-0.05, 0) is 56.8 Å². The highest BCUT2D eigenvalue weighted by Crippen LogP contribution is 2.28. The normalized spacial score (nSPS) is 18.9. The van der Waals surface area contributed by atoms with Crippen LogP contribution in [0, 0.1) is 0 Å². The van der Waals surface area contributed by atoms with E-state index in [9.17, 15) is 21.9 Å². The highest BCUT2D eigenvalue weighted by atomic mass is 32.2. The molecular weight excluding hydrogens is 470 g/mol. The van der Waals surface area contributed by atoms with Gasteiger partial charge in [-0.3, -0.25) is 0 Å². The minimum absolute atomic E-state index is 0.0875. The second-order valence-electron chi connectivity index (χ2n) is 8.69. The van der Waals surface area contributed by atoms with Crippen LogP contribution in [0.4, 0.5) is 5.69 Å². The van der Waals surface area contributed by atoms with Gasteiger partial charge in [0.2, 0.25) is 10.0 Å². The molecular formula is C21H31N3O5S3. The van der Waals surface area contributed by atoms with E-state index in [1.807, 2.05) is 29.2 Å². The lowest BCUT2D eigenvalue weighted by molar-refractivity contribution is 0.0786. The van der Waals surface area contributed by atoms with Gasteiger partial charge >= 0.3 is 0 Å². The van der Waals surface area contributed by atoms with Crippen LogP contribution in [0.5, 0.6) is 0 Å². The Hall–Kier alpha value is -1.50. The van der Waals surface area contributed by atoms with E-state index >= 15 is 0 Å². The number of nitrogens with one attached hydrogen (secondary N) is 1. The summed E-state index contributed by atoms with van der Waals surface area (Å²) in [5.41, 5.74) is 0.635.